The summed E-state index contributed by atoms with van der Waals surface area (Å²) in [5, 5.41) is 11.9. The lowest BCUT2D eigenvalue weighted by atomic mass is 10.1. The van der Waals surface area contributed by atoms with Gasteiger partial charge in [-0.05, 0) is 57.4 Å². The van der Waals surface area contributed by atoms with Gasteiger partial charge in [-0.1, -0.05) is 12.1 Å². The van der Waals surface area contributed by atoms with Crippen LogP contribution in [0.1, 0.15) is 39.2 Å². The largest absolute Gasteiger partial charge is 0.491 e. The SMILES string of the molecule is CC(C)(C)OC(=O)NCC1(COc2cncc(-c3cccc(C#N)c3)c2)CC1. The van der Waals surface area contributed by atoms with Crippen LogP contribution in [0.3, 0.4) is 0 Å². The van der Waals surface area contributed by atoms with Crippen molar-refractivity contribution >= 4 is 6.09 Å². The van der Waals surface area contributed by atoms with Crippen molar-refractivity contribution in [2.45, 2.75) is 39.2 Å². The summed E-state index contributed by atoms with van der Waals surface area (Å²) in [4.78, 5) is 16.1. The van der Waals surface area contributed by atoms with E-state index in [0.29, 0.717) is 24.5 Å². The van der Waals surface area contributed by atoms with Crippen LogP contribution >= 0.6 is 0 Å². The maximum absolute atomic E-state index is 11.9. The molecular weight excluding hydrogens is 354 g/mol. The topological polar surface area (TPSA) is 84.2 Å². The normalized spacial score (nSPS) is 14.6. The van der Waals surface area contributed by atoms with Gasteiger partial charge in [0.15, 0.2) is 0 Å². The average molecular weight is 379 g/mol. The molecule has 1 aromatic heterocycles. The molecule has 6 nitrogen and oxygen atoms in total. The fraction of sp³-hybridized carbons (Fsp3) is 0.409. The molecule has 0 spiro atoms. The Labute approximate surface area is 165 Å². The number of hydrogen-bond acceptors (Lipinski definition) is 5. The van der Waals surface area contributed by atoms with Gasteiger partial charge in [0.05, 0.1) is 24.4 Å². The molecule has 1 N–H and O–H groups in total. The molecule has 1 aromatic carbocycles. The monoisotopic (exact) mass is 379 g/mol. The van der Waals surface area contributed by atoms with Gasteiger partial charge in [-0.2, -0.15) is 5.26 Å². The third-order valence-corrected chi connectivity index (χ3v) is 4.55. The minimum absolute atomic E-state index is 0.0480. The first-order chi connectivity index (χ1) is 13.3. The molecule has 1 aliphatic rings. The highest BCUT2D eigenvalue weighted by Crippen LogP contribution is 2.45. The van der Waals surface area contributed by atoms with Crippen molar-refractivity contribution in [2.75, 3.05) is 13.2 Å². The third-order valence-electron chi connectivity index (χ3n) is 4.55. The number of nitriles is 1. The summed E-state index contributed by atoms with van der Waals surface area (Å²) in [6.45, 7) is 6.56. The van der Waals surface area contributed by atoms with E-state index in [1.165, 1.54) is 0 Å². The lowest BCUT2D eigenvalue weighted by Crippen LogP contribution is -2.37. The van der Waals surface area contributed by atoms with Crippen molar-refractivity contribution in [3.8, 4) is 22.9 Å². The second-order valence-corrected chi connectivity index (χ2v) is 8.25. The van der Waals surface area contributed by atoms with Crippen LogP contribution in [-0.4, -0.2) is 29.8 Å². The van der Waals surface area contributed by atoms with Gasteiger partial charge in [0.25, 0.3) is 0 Å². The lowest BCUT2D eigenvalue weighted by Gasteiger charge is -2.22. The molecule has 1 amide bonds. The molecule has 1 fully saturated rings. The fourth-order valence-electron chi connectivity index (χ4n) is 2.78. The Balaban J connectivity index is 1.58. The van der Waals surface area contributed by atoms with Gasteiger partial charge < -0.3 is 14.8 Å². The molecule has 6 heteroatoms. The fourth-order valence-corrected chi connectivity index (χ4v) is 2.78. The summed E-state index contributed by atoms with van der Waals surface area (Å²) in [6, 6.07) is 11.4. The van der Waals surface area contributed by atoms with E-state index in [2.05, 4.69) is 16.4 Å². The maximum atomic E-state index is 11.9. The zero-order valence-electron chi connectivity index (χ0n) is 16.5. The van der Waals surface area contributed by atoms with Gasteiger partial charge in [-0.3, -0.25) is 4.98 Å². The summed E-state index contributed by atoms with van der Waals surface area (Å²) in [5.74, 6) is 0.670. The van der Waals surface area contributed by atoms with E-state index in [0.717, 1.165) is 24.0 Å². The van der Waals surface area contributed by atoms with Crippen LogP contribution in [0.2, 0.25) is 0 Å². The molecule has 3 rings (SSSR count). The minimum Gasteiger partial charge on any atom is -0.491 e. The van der Waals surface area contributed by atoms with Crippen molar-refractivity contribution in [3.05, 3.63) is 48.3 Å². The first kappa shape index (κ1) is 19.7. The molecule has 0 saturated heterocycles. The summed E-state index contributed by atoms with van der Waals surface area (Å²) >= 11 is 0. The van der Waals surface area contributed by atoms with Crippen LogP contribution in [-0.2, 0) is 4.74 Å². The van der Waals surface area contributed by atoms with E-state index in [-0.39, 0.29) is 5.41 Å². The van der Waals surface area contributed by atoms with Crippen LogP contribution in [0.4, 0.5) is 4.79 Å². The Bertz CT molecular complexity index is 892. The lowest BCUT2D eigenvalue weighted by molar-refractivity contribution is 0.0509. The van der Waals surface area contributed by atoms with Crippen molar-refractivity contribution < 1.29 is 14.3 Å². The summed E-state index contributed by atoms with van der Waals surface area (Å²) < 4.78 is 11.2. The van der Waals surface area contributed by atoms with Crippen LogP contribution in [0.15, 0.2) is 42.7 Å². The molecule has 1 aliphatic carbocycles. The van der Waals surface area contributed by atoms with Crippen molar-refractivity contribution in [2.24, 2.45) is 5.41 Å². The number of rotatable bonds is 6. The van der Waals surface area contributed by atoms with E-state index < -0.39 is 11.7 Å². The van der Waals surface area contributed by atoms with Gasteiger partial charge in [0, 0.05) is 23.7 Å². The summed E-state index contributed by atoms with van der Waals surface area (Å²) in [7, 11) is 0. The molecule has 28 heavy (non-hydrogen) atoms. The van der Waals surface area contributed by atoms with Gasteiger partial charge >= 0.3 is 6.09 Å². The number of pyridine rings is 1. The van der Waals surface area contributed by atoms with Crippen LogP contribution in [0.5, 0.6) is 5.75 Å². The second kappa shape index (κ2) is 7.89. The van der Waals surface area contributed by atoms with E-state index in [9.17, 15) is 4.79 Å². The highest BCUT2D eigenvalue weighted by molar-refractivity contribution is 5.68. The van der Waals surface area contributed by atoms with Gasteiger partial charge in [-0.15, -0.1) is 0 Å². The molecule has 0 radical (unpaired) electrons. The minimum atomic E-state index is -0.508. The quantitative estimate of drug-likeness (QED) is 0.809. The van der Waals surface area contributed by atoms with Crippen molar-refractivity contribution in [3.63, 3.8) is 0 Å². The second-order valence-electron chi connectivity index (χ2n) is 8.25. The van der Waals surface area contributed by atoms with Crippen molar-refractivity contribution in [1.82, 2.24) is 10.3 Å². The molecule has 0 atom stereocenters. The number of carbonyl (C=O) groups is 1. The highest BCUT2D eigenvalue weighted by atomic mass is 16.6. The summed E-state index contributed by atoms with van der Waals surface area (Å²) in [6.07, 6.45) is 5.02. The molecule has 0 unspecified atom stereocenters. The van der Waals surface area contributed by atoms with Crippen LogP contribution < -0.4 is 10.1 Å². The summed E-state index contributed by atoms with van der Waals surface area (Å²) in [5.41, 5.74) is 1.87. The van der Waals surface area contributed by atoms with Gasteiger partial charge in [-0.25, -0.2) is 4.79 Å². The number of carbonyl (C=O) groups excluding carboxylic acids is 1. The molecule has 2 aromatic rings. The Morgan fingerprint density at radius 3 is 2.71 bits per heavy atom. The number of ether oxygens (including phenoxy) is 2. The maximum Gasteiger partial charge on any atom is 0.407 e. The smallest absolute Gasteiger partial charge is 0.407 e. The average Bonchev–Trinajstić information content (AvgIpc) is 3.44. The zero-order valence-corrected chi connectivity index (χ0v) is 16.5. The first-order valence-corrected chi connectivity index (χ1v) is 9.34. The van der Waals surface area contributed by atoms with E-state index in [4.69, 9.17) is 14.7 Å². The predicted octanol–water partition coefficient (Wildman–Crippen LogP) is 4.30. The zero-order chi connectivity index (χ0) is 20.2. The predicted molar refractivity (Wildman–Crippen MR) is 106 cm³/mol. The number of aromatic nitrogens is 1. The molecule has 0 aliphatic heterocycles. The molecular formula is C22H25N3O3. The number of nitrogens with one attached hydrogen (secondary N) is 1. The number of amides is 1. The van der Waals surface area contributed by atoms with Crippen LogP contribution in [0, 0.1) is 16.7 Å². The third kappa shape index (κ3) is 5.46. The van der Waals surface area contributed by atoms with E-state index in [1.807, 2.05) is 45.0 Å². The Kier molecular flexibility index (Phi) is 5.55. The Hall–Kier alpha value is -3.07. The van der Waals surface area contributed by atoms with Gasteiger partial charge in [0.2, 0.25) is 0 Å². The van der Waals surface area contributed by atoms with E-state index >= 15 is 0 Å². The van der Waals surface area contributed by atoms with Crippen LogP contribution in [0.25, 0.3) is 11.1 Å². The van der Waals surface area contributed by atoms with E-state index in [1.54, 1.807) is 18.5 Å². The van der Waals surface area contributed by atoms with Crippen molar-refractivity contribution in [1.29, 1.82) is 5.26 Å². The molecule has 1 saturated carbocycles. The number of alkyl carbamates (subject to hydrolysis) is 1. The molecule has 146 valence electrons. The molecule has 1 heterocycles. The van der Waals surface area contributed by atoms with Gasteiger partial charge in [0.1, 0.15) is 11.4 Å². The standard InChI is InChI=1S/C22H25N3O3/c1-21(2,3)28-20(26)25-14-22(7-8-22)15-27-19-10-18(12-24-13-19)17-6-4-5-16(9-17)11-23/h4-6,9-10,12-13H,7-8,14-15H2,1-3H3,(H,25,26). The Morgan fingerprint density at radius 1 is 1.25 bits per heavy atom. The molecule has 0 bridgehead atoms. The Morgan fingerprint density at radius 2 is 2.04 bits per heavy atom. The highest BCUT2D eigenvalue weighted by Gasteiger charge is 2.44. The number of benzene rings is 1. The number of hydrogen-bond donors (Lipinski definition) is 1. The first-order valence-electron chi connectivity index (χ1n) is 9.34. The number of nitrogens with zero attached hydrogens (tertiary/aromatic N) is 2.